The van der Waals surface area contributed by atoms with E-state index in [4.69, 9.17) is 5.73 Å². The molecular formula is C44H51F7N8O3. The molecule has 2 aliphatic rings. The van der Waals surface area contributed by atoms with Gasteiger partial charge >= 0.3 is 18.0 Å². The number of aryl methyl sites for hydroxylation is 1. The smallest absolute Gasteiger partial charge is 0.349 e. The van der Waals surface area contributed by atoms with E-state index in [1.54, 1.807) is 6.07 Å². The molecule has 6 N–H and O–H groups in total. The molecule has 0 bridgehead atoms. The van der Waals surface area contributed by atoms with Crippen LogP contribution in [0.25, 0.3) is 22.5 Å². The first-order valence-electron chi connectivity index (χ1n) is 20.6. The Morgan fingerprint density at radius 2 is 1.47 bits per heavy atom. The van der Waals surface area contributed by atoms with Gasteiger partial charge in [0.25, 0.3) is 5.91 Å². The molecule has 1 atom stereocenters. The van der Waals surface area contributed by atoms with Gasteiger partial charge in [-0.25, -0.2) is 4.98 Å². The van der Waals surface area contributed by atoms with Gasteiger partial charge < -0.3 is 26.6 Å². The van der Waals surface area contributed by atoms with Gasteiger partial charge in [0.15, 0.2) is 5.82 Å². The summed E-state index contributed by atoms with van der Waals surface area (Å²) in [5.74, 6) is -15.6. The maximum Gasteiger partial charge on any atom is 0.460 e. The molecule has 0 saturated heterocycles. The Morgan fingerprint density at radius 3 is 2.05 bits per heavy atom. The number of alkyl halides is 7. The zero-order chi connectivity index (χ0) is 45.0. The van der Waals surface area contributed by atoms with Gasteiger partial charge in [-0.2, -0.15) is 35.8 Å². The Kier molecular flexibility index (Phi) is 14.1. The summed E-state index contributed by atoms with van der Waals surface area (Å²) in [6.07, 6.45) is 0.323. The lowest BCUT2D eigenvalue weighted by molar-refractivity contribution is -0.361. The largest absolute Gasteiger partial charge is 0.460 e. The molecule has 3 aromatic carbocycles. The van der Waals surface area contributed by atoms with Gasteiger partial charge in [0.05, 0.1) is 0 Å². The summed E-state index contributed by atoms with van der Waals surface area (Å²) in [7, 11) is 4.16. The van der Waals surface area contributed by atoms with Crippen molar-refractivity contribution < 1.29 is 45.1 Å². The number of hydrogen-bond acceptors (Lipinski definition) is 7. The minimum absolute atomic E-state index is 0.0271. The maximum atomic E-state index is 14.2. The predicted octanol–water partition coefficient (Wildman–Crippen LogP) is 7.77. The Hall–Kier alpha value is -5.36. The standard InChI is InChI=1S/C44H51F7N8O3/c1-25-22-31(39(61)53-33-17-19-34(20-18-33)59(2)3)14-21-35(25)28-8-4-26(5-9-28)23-36(55-38(60)30-10-6-27(24-52)7-11-30)40(62)54-32-15-12-29(13-16-32)37-56-41(58-57-37)42(45,46)43(47,48)44(49,50)51/h4-5,8-9,12-16,21-22,27,30,33-34,36H,6-7,10-11,17-20,23-24,52H2,1-3H3,(H,53,61)(H,54,62)(H,55,60)(H,56,57,58)/t27?,30?,33?,34?,36-/m0/s1. The molecule has 2 aliphatic carbocycles. The van der Waals surface area contributed by atoms with Gasteiger partial charge in [-0.15, -0.1) is 0 Å². The third-order valence-electron chi connectivity index (χ3n) is 12.1. The monoisotopic (exact) mass is 872 g/mol. The summed E-state index contributed by atoms with van der Waals surface area (Å²) in [6.45, 7) is 2.47. The summed E-state index contributed by atoms with van der Waals surface area (Å²) in [6, 6.07) is 17.9. The van der Waals surface area contributed by atoms with E-state index in [-0.39, 0.29) is 41.4 Å². The van der Waals surface area contributed by atoms with Gasteiger partial charge in [-0.3, -0.25) is 19.5 Å². The minimum Gasteiger partial charge on any atom is -0.349 e. The lowest BCUT2D eigenvalue weighted by Gasteiger charge is -2.33. The number of benzene rings is 3. The fraction of sp³-hybridized carbons (Fsp3) is 0.477. The Morgan fingerprint density at radius 1 is 0.839 bits per heavy atom. The highest BCUT2D eigenvalue weighted by atomic mass is 19.4. The van der Waals surface area contributed by atoms with E-state index in [0.717, 1.165) is 60.8 Å². The molecule has 1 heterocycles. The van der Waals surface area contributed by atoms with E-state index < -0.39 is 41.6 Å². The van der Waals surface area contributed by atoms with Crippen LogP contribution in [0.5, 0.6) is 0 Å². The number of nitrogens with two attached hydrogens (primary N) is 1. The number of aromatic amines is 1. The predicted molar refractivity (Wildman–Crippen MR) is 219 cm³/mol. The molecule has 2 saturated carbocycles. The second-order valence-corrected chi connectivity index (χ2v) is 16.6. The molecule has 0 unspecified atom stereocenters. The molecular weight excluding hydrogens is 822 g/mol. The van der Waals surface area contributed by atoms with Crippen molar-refractivity contribution in [1.29, 1.82) is 0 Å². The first-order chi connectivity index (χ1) is 29.3. The van der Waals surface area contributed by atoms with Crippen LogP contribution in [0.4, 0.5) is 36.4 Å². The van der Waals surface area contributed by atoms with Crippen molar-refractivity contribution in [3.63, 3.8) is 0 Å². The van der Waals surface area contributed by atoms with Crippen LogP contribution < -0.4 is 21.7 Å². The summed E-state index contributed by atoms with van der Waals surface area (Å²) in [5.41, 5.74) is 10.0. The molecule has 6 rings (SSSR count). The number of halogens is 7. The lowest BCUT2D eigenvalue weighted by atomic mass is 9.81. The quantitative estimate of drug-likeness (QED) is 0.0811. The number of anilines is 1. The number of carbonyl (C=O) groups excluding carboxylic acids is 3. The number of carbonyl (C=O) groups is 3. The van der Waals surface area contributed by atoms with Crippen LogP contribution in [-0.2, 0) is 21.9 Å². The Balaban J connectivity index is 1.13. The normalized spacial score (nSPS) is 20.4. The van der Waals surface area contributed by atoms with Crippen LogP contribution in [0.1, 0.15) is 78.7 Å². The van der Waals surface area contributed by atoms with Crippen LogP contribution in [0.3, 0.4) is 0 Å². The SMILES string of the molecule is Cc1cc(C(=O)NC2CCC(N(C)C)CC2)ccc1-c1ccc(C[C@H](NC(=O)C2CCC(CN)CC2)C(=O)Nc2ccc(-c3n[nH]c(C(F)(F)C(F)(F)C(F)(F)F)n3)cc2)cc1. The average molecular weight is 873 g/mol. The van der Waals surface area contributed by atoms with E-state index >= 15 is 0 Å². The highest BCUT2D eigenvalue weighted by Crippen LogP contribution is 2.51. The average Bonchev–Trinajstić information content (AvgIpc) is 3.75. The third-order valence-corrected chi connectivity index (χ3v) is 12.1. The molecule has 3 amide bonds. The highest BCUT2D eigenvalue weighted by Gasteiger charge is 2.75. The second kappa shape index (κ2) is 18.9. The minimum atomic E-state index is -6.55. The van der Waals surface area contributed by atoms with Crippen LogP contribution in [0.15, 0.2) is 66.7 Å². The van der Waals surface area contributed by atoms with Crippen LogP contribution in [0.2, 0.25) is 0 Å². The number of hydrogen-bond donors (Lipinski definition) is 5. The third kappa shape index (κ3) is 10.5. The van der Waals surface area contributed by atoms with Crippen LogP contribution in [0, 0.1) is 18.8 Å². The van der Waals surface area contributed by atoms with Crippen molar-refractivity contribution in [2.75, 3.05) is 26.0 Å². The zero-order valence-corrected chi connectivity index (χ0v) is 34.6. The second-order valence-electron chi connectivity index (χ2n) is 16.6. The van der Waals surface area contributed by atoms with Crippen molar-refractivity contribution in [2.24, 2.45) is 17.6 Å². The van der Waals surface area contributed by atoms with Crippen molar-refractivity contribution >= 4 is 23.4 Å². The molecule has 0 radical (unpaired) electrons. The van der Waals surface area contributed by atoms with E-state index in [1.807, 2.05) is 43.3 Å². The zero-order valence-electron chi connectivity index (χ0n) is 34.6. The molecule has 11 nitrogen and oxygen atoms in total. The van der Waals surface area contributed by atoms with E-state index in [0.29, 0.717) is 36.9 Å². The van der Waals surface area contributed by atoms with Crippen molar-refractivity contribution in [2.45, 2.75) is 101 Å². The topological polar surface area (TPSA) is 158 Å². The van der Waals surface area contributed by atoms with E-state index in [1.165, 1.54) is 29.4 Å². The summed E-state index contributed by atoms with van der Waals surface area (Å²) in [5, 5.41) is 13.7. The van der Waals surface area contributed by atoms with Crippen LogP contribution in [-0.4, -0.2) is 88.7 Å². The van der Waals surface area contributed by atoms with E-state index in [2.05, 4.69) is 45.0 Å². The summed E-state index contributed by atoms with van der Waals surface area (Å²) < 4.78 is 93.6. The molecule has 334 valence electrons. The molecule has 0 aliphatic heterocycles. The number of amides is 3. The first kappa shape index (κ1) is 46.2. The van der Waals surface area contributed by atoms with Gasteiger partial charge in [-0.05, 0) is 144 Å². The number of aromatic nitrogens is 3. The van der Waals surface area contributed by atoms with Gasteiger partial charge in [0.1, 0.15) is 6.04 Å². The molecule has 62 heavy (non-hydrogen) atoms. The van der Waals surface area contributed by atoms with Crippen molar-refractivity contribution in [3.8, 4) is 22.5 Å². The Bertz CT molecular complexity index is 2180. The molecule has 18 heteroatoms. The molecule has 2 fully saturated rings. The molecule has 1 aromatic heterocycles. The maximum absolute atomic E-state index is 14.2. The summed E-state index contributed by atoms with van der Waals surface area (Å²) >= 11 is 0. The van der Waals surface area contributed by atoms with Gasteiger partial charge in [0.2, 0.25) is 17.6 Å². The van der Waals surface area contributed by atoms with E-state index in [9.17, 15) is 45.1 Å². The number of H-pyrrole nitrogens is 1. The van der Waals surface area contributed by atoms with Crippen LogP contribution >= 0.6 is 0 Å². The number of rotatable bonds is 14. The highest BCUT2D eigenvalue weighted by molar-refractivity contribution is 5.98. The molecule has 4 aromatic rings. The fourth-order valence-corrected chi connectivity index (χ4v) is 8.14. The number of nitrogens with one attached hydrogen (secondary N) is 4. The van der Waals surface area contributed by atoms with Crippen molar-refractivity contribution in [3.05, 3.63) is 89.2 Å². The summed E-state index contributed by atoms with van der Waals surface area (Å²) in [4.78, 5) is 45.9. The van der Waals surface area contributed by atoms with Gasteiger partial charge in [-0.1, -0.05) is 30.3 Å². The number of nitrogens with zero attached hydrogens (tertiary/aromatic N) is 3. The first-order valence-corrected chi connectivity index (χ1v) is 20.6. The van der Waals surface area contributed by atoms with Crippen molar-refractivity contribution in [1.82, 2.24) is 30.7 Å². The fourth-order valence-electron chi connectivity index (χ4n) is 8.14. The lowest BCUT2D eigenvalue weighted by Crippen LogP contribution is -2.50. The molecule has 0 spiro atoms. The van der Waals surface area contributed by atoms with Gasteiger partial charge in [0, 0.05) is 41.2 Å². The Labute approximate surface area is 354 Å².